The summed E-state index contributed by atoms with van der Waals surface area (Å²) >= 11 is 0. The van der Waals surface area contributed by atoms with Gasteiger partial charge in [-0.05, 0) is 25.0 Å². The van der Waals surface area contributed by atoms with E-state index in [0.29, 0.717) is 6.54 Å². The second-order valence-electron chi connectivity index (χ2n) is 4.95. The van der Waals surface area contributed by atoms with E-state index in [9.17, 15) is 4.79 Å². The fourth-order valence-electron chi connectivity index (χ4n) is 2.67. The van der Waals surface area contributed by atoms with E-state index in [2.05, 4.69) is 30.9 Å². The van der Waals surface area contributed by atoms with Crippen LogP contribution < -0.4 is 10.6 Å². The molecule has 1 amide bonds. The highest BCUT2D eigenvalue weighted by atomic mass is 16.2. The molecule has 4 heteroatoms. The van der Waals surface area contributed by atoms with Gasteiger partial charge >= 0.3 is 0 Å². The maximum absolute atomic E-state index is 12.2. The molecule has 4 nitrogen and oxygen atoms in total. The van der Waals surface area contributed by atoms with Crippen LogP contribution in [-0.4, -0.2) is 43.5 Å². The standard InChI is InChI=1S/C14H21N3O/c1-10-5-4-6-11(2)13(10)17-8-7-16(3)14(18)12(17)9-15/h4-6,12H,7-9,15H2,1-3H3. The molecular formula is C14H21N3O. The fourth-order valence-corrected chi connectivity index (χ4v) is 2.67. The van der Waals surface area contributed by atoms with Crippen LogP contribution in [0.3, 0.4) is 0 Å². The Labute approximate surface area is 108 Å². The van der Waals surface area contributed by atoms with Gasteiger partial charge in [-0.1, -0.05) is 18.2 Å². The van der Waals surface area contributed by atoms with Crippen molar-refractivity contribution in [3.8, 4) is 0 Å². The Balaban J connectivity index is 2.40. The third-order valence-electron chi connectivity index (χ3n) is 3.66. The molecule has 1 aliphatic heterocycles. The SMILES string of the molecule is Cc1cccc(C)c1N1CCN(C)C(=O)C1CN. The quantitative estimate of drug-likeness (QED) is 0.845. The van der Waals surface area contributed by atoms with Gasteiger partial charge in [0.2, 0.25) is 5.91 Å². The zero-order valence-electron chi connectivity index (χ0n) is 11.3. The monoisotopic (exact) mass is 247 g/mol. The number of rotatable bonds is 2. The molecule has 18 heavy (non-hydrogen) atoms. The molecule has 0 bridgehead atoms. The Morgan fingerprint density at radius 2 is 1.89 bits per heavy atom. The molecule has 1 heterocycles. The van der Waals surface area contributed by atoms with Gasteiger partial charge in [0.05, 0.1) is 0 Å². The molecule has 0 aromatic heterocycles. The fraction of sp³-hybridized carbons (Fsp3) is 0.500. The second-order valence-corrected chi connectivity index (χ2v) is 4.95. The van der Waals surface area contributed by atoms with Gasteiger partial charge in [0.25, 0.3) is 0 Å². The summed E-state index contributed by atoms with van der Waals surface area (Å²) in [7, 11) is 1.84. The van der Waals surface area contributed by atoms with Crippen molar-refractivity contribution in [2.75, 3.05) is 31.6 Å². The summed E-state index contributed by atoms with van der Waals surface area (Å²) in [5, 5.41) is 0. The average Bonchev–Trinajstić information content (AvgIpc) is 2.33. The third kappa shape index (κ3) is 2.08. The molecule has 98 valence electrons. The lowest BCUT2D eigenvalue weighted by Crippen LogP contribution is -2.59. The maximum atomic E-state index is 12.2. The van der Waals surface area contributed by atoms with Crippen LogP contribution in [0.4, 0.5) is 5.69 Å². The minimum Gasteiger partial charge on any atom is -0.356 e. The molecule has 1 aliphatic rings. The van der Waals surface area contributed by atoms with Gasteiger partial charge in [0.15, 0.2) is 0 Å². The second kappa shape index (κ2) is 4.98. The first-order valence-electron chi connectivity index (χ1n) is 6.34. The van der Waals surface area contributed by atoms with Crippen LogP contribution >= 0.6 is 0 Å². The van der Waals surface area contributed by atoms with E-state index in [-0.39, 0.29) is 11.9 Å². The Morgan fingerprint density at radius 3 is 2.44 bits per heavy atom. The van der Waals surface area contributed by atoms with Gasteiger partial charge in [-0.25, -0.2) is 0 Å². The van der Waals surface area contributed by atoms with Gasteiger partial charge in [0, 0.05) is 32.4 Å². The van der Waals surface area contributed by atoms with Crippen LogP contribution in [0.15, 0.2) is 18.2 Å². The molecular weight excluding hydrogens is 226 g/mol. The van der Waals surface area contributed by atoms with Crippen LogP contribution in [0, 0.1) is 13.8 Å². The van der Waals surface area contributed by atoms with Crippen molar-refractivity contribution in [2.45, 2.75) is 19.9 Å². The first-order chi connectivity index (χ1) is 8.56. The van der Waals surface area contributed by atoms with Crippen LogP contribution in [0.5, 0.6) is 0 Å². The lowest BCUT2D eigenvalue weighted by molar-refractivity contribution is -0.132. The Bertz CT molecular complexity index is 438. The van der Waals surface area contributed by atoms with E-state index in [1.807, 2.05) is 13.1 Å². The number of nitrogens with two attached hydrogens (primary N) is 1. The lowest BCUT2D eigenvalue weighted by atomic mass is 10.0. The average molecular weight is 247 g/mol. The molecule has 1 unspecified atom stereocenters. The number of para-hydroxylation sites is 1. The number of carbonyl (C=O) groups excluding carboxylic acids is 1. The molecule has 0 saturated carbocycles. The summed E-state index contributed by atoms with van der Waals surface area (Å²) in [5.74, 6) is 0.117. The van der Waals surface area contributed by atoms with E-state index in [1.165, 1.54) is 11.1 Å². The summed E-state index contributed by atoms with van der Waals surface area (Å²) in [6.45, 7) is 6.12. The van der Waals surface area contributed by atoms with Gasteiger partial charge < -0.3 is 15.5 Å². The molecule has 1 aromatic carbocycles. The van der Waals surface area contributed by atoms with Crippen molar-refractivity contribution in [3.05, 3.63) is 29.3 Å². The summed E-state index contributed by atoms with van der Waals surface area (Å²) in [6.07, 6.45) is 0. The van der Waals surface area contributed by atoms with Crippen LogP contribution in [0.1, 0.15) is 11.1 Å². The van der Waals surface area contributed by atoms with Crippen molar-refractivity contribution in [2.24, 2.45) is 5.73 Å². The smallest absolute Gasteiger partial charge is 0.246 e. The highest BCUT2D eigenvalue weighted by molar-refractivity contribution is 5.87. The third-order valence-corrected chi connectivity index (χ3v) is 3.66. The number of likely N-dealkylation sites (N-methyl/N-ethyl adjacent to an activating group) is 1. The van der Waals surface area contributed by atoms with Gasteiger partial charge in [-0.2, -0.15) is 0 Å². The summed E-state index contributed by atoms with van der Waals surface area (Å²) in [5.41, 5.74) is 9.36. The highest BCUT2D eigenvalue weighted by Gasteiger charge is 2.33. The predicted molar refractivity (Wildman–Crippen MR) is 73.7 cm³/mol. The van der Waals surface area contributed by atoms with E-state index in [1.54, 1.807) is 4.90 Å². The molecule has 1 aromatic rings. The first-order valence-corrected chi connectivity index (χ1v) is 6.34. The molecule has 1 saturated heterocycles. The van der Waals surface area contributed by atoms with Crippen molar-refractivity contribution in [3.63, 3.8) is 0 Å². The van der Waals surface area contributed by atoms with Gasteiger partial charge in [-0.15, -0.1) is 0 Å². The number of carbonyl (C=O) groups is 1. The minimum atomic E-state index is -0.233. The Kier molecular flexibility index (Phi) is 3.57. The molecule has 1 atom stereocenters. The Hall–Kier alpha value is -1.55. The van der Waals surface area contributed by atoms with Crippen molar-refractivity contribution < 1.29 is 4.79 Å². The molecule has 2 rings (SSSR count). The number of nitrogens with zero attached hydrogens (tertiary/aromatic N) is 2. The molecule has 0 radical (unpaired) electrons. The Morgan fingerprint density at radius 1 is 1.28 bits per heavy atom. The number of aryl methyl sites for hydroxylation is 2. The molecule has 0 spiro atoms. The molecule has 1 fully saturated rings. The number of hydrogen-bond acceptors (Lipinski definition) is 3. The van der Waals surface area contributed by atoms with Gasteiger partial charge in [0.1, 0.15) is 6.04 Å². The largest absolute Gasteiger partial charge is 0.356 e. The zero-order chi connectivity index (χ0) is 13.3. The molecule has 0 aliphatic carbocycles. The molecule has 2 N–H and O–H groups in total. The predicted octanol–water partition coefficient (Wildman–Crippen LogP) is 0.909. The number of benzene rings is 1. The summed E-state index contributed by atoms with van der Waals surface area (Å²) in [4.78, 5) is 16.1. The van der Waals surface area contributed by atoms with E-state index >= 15 is 0 Å². The topological polar surface area (TPSA) is 49.6 Å². The zero-order valence-corrected chi connectivity index (χ0v) is 11.3. The van der Waals surface area contributed by atoms with Crippen LogP contribution in [0.25, 0.3) is 0 Å². The lowest BCUT2D eigenvalue weighted by Gasteiger charge is -2.41. The van der Waals surface area contributed by atoms with Crippen molar-refractivity contribution in [1.82, 2.24) is 4.90 Å². The van der Waals surface area contributed by atoms with Gasteiger partial charge in [-0.3, -0.25) is 4.79 Å². The van der Waals surface area contributed by atoms with E-state index in [4.69, 9.17) is 5.73 Å². The number of piperazine rings is 1. The highest BCUT2D eigenvalue weighted by Crippen LogP contribution is 2.28. The maximum Gasteiger partial charge on any atom is 0.246 e. The summed E-state index contributed by atoms with van der Waals surface area (Å²) in [6, 6.07) is 5.98. The van der Waals surface area contributed by atoms with E-state index < -0.39 is 0 Å². The number of amides is 1. The summed E-state index contributed by atoms with van der Waals surface area (Å²) < 4.78 is 0. The first kappa shape index (κ1) is 12.9. The van der Waals surface area contributed by atoms with Crippen molar-refractivity contribution >= 4 is 11.6 Å². The van der Waals surface area contributed by atoms with E-state index in [0.717, 1.165) is 18.8 Å². The number of anilines is 1. The van der Waals surface area contributed by atoms with Crippen LogP contribution in [0.2, 0.25) is 0 Å². The minimum absolute atomic E-state index is 0.117. The normalized spacial score (nSPS) is 20.4. The van der Waals surface area contributed by atoms with Crippen LogP contribution in [-0.2, 0) is 4.79 Å². The number of hydrogen-bond donors (Lipinski definition) is 1. The van der Waals surface area contributed by atoms with Crippen molar-refractivity contribution in [1.29, 1.82) is 0 Å².